The molecule has 3 heteroatoms. The molecule has 0 aliphatic carbocycles. The van der Waals surface area contributed by atoms with Gasteiger partial charge in [0, 0.05) is 45.9 Å². The first-order valence-corrected chi connectivity index (χ1v) is 23.9. The molecule has 0 fully saturated rings. The fourth-order valence-corrected chi connectivity index (χ4v) is 13.0. The largest absolute Gasteiger partial charge is 0.343 e. The van der Waals surface area contributed by atoms with Gasteiger partial charge >= 0.3 is 0 Å². The first-order chi connectivity index (χ1) is 29.9. The lowest BCUT2D eigenvalue weighted by Gasteiger charge is -2.23. The van der Waals surface area contributed by atoms with E-state index in [0.29, 0.717) is 0 Å². The van der Waals surface area contributed by atoms with Crippen molar-refractivity contribution in [3.05, 3.63) is 134 Å². The highest BCUT2D eigenvalue weighted by atomic mass is 15.0. The summed E-state index contributed by atoms with van der Waals surface area (Å²) in [5.41, 5.74) is 42.3. The van der Waals surface area contributed by atoms with E-state index in [1.165, 1.54) is 199 Å². The van der Waals surface area contributed by atoms with Gasteiger partial charge in [0.05, 0.1) is 39.6 Å². The van der Waals surface area contributed by atoms with Crippen LogP contribution in [0, 0.1) is 152 Å². The number of aromatic nitrogens is 3. The molecule has 0 radical (unpaired) electrons. The van der Waals surface area contributed by atoms with Crippen LogP contribution in [0.5, 0.6) is 0 Å². The van der Waals surface area contributed by atoms with Crippen LogP contribution in [0.1, 0.15) is 134 Å². The third-order valence-electron chi connectivity index (χ3n) is 18.7. The topological polar surface area (TPSA) is 14.8 Å². The van der Waals surface area contributed by atoms with Crippen LogP contribution in [0.15, 0.2) is 0 Å². The van der Waals surface area contributed by atoms with E-state index in [9.17, 15) is 0 Å². The maximum Gasteiger partial charge on any atom is 0.0545 e. The minimum Gasteiger partial charge on any atom is -0.343 e. The average molecular weight is 848 g/mol. The molecule has 3 nitrogen and oxygen atoms in total. The Labute approximate surface area is 383 Å². The summed E-state index contributed by atoms with van der Waals surface area (Å²) < 4.78 is 8.12. The predicted molar refractivity (Wildman–Crippen MR) is 282 cm³/mol. The van der Waals surface area contributed by atoms with E-state index in [2.05, 4.69) is 173 Å². The van der Waals surface area contributed by atoms with E-state index in [4.69, 9.17) is 0 Å². The normalized spacial score (nSPS) is 12.4. The van der Waals surface area contributed by atoms with Gasteiger partial charge in [0.25, 0.3) is 0 Å². The van der Waals surface area contributed by atoms with Crippen LogP contribution in [0.3, 0.4) is 0 Å². The van der Waals surface area contributed by atoms with Crippen LogP contribution >= 0.6 is 0 Å². The smallest absolute Gasteiger partial charge is 0.0545 e. The Balaban J connectivity index is 1.50. The van der Waals surface area contributed by atoms with Crippen LogP contribution in [-0.2, 0) is 20.1 Å². The van der Waals surface area contributed by atoms with Gasteiger partial charge in [-0.3, -0.25) is 0 Å². The van der Waals surface area contributed by atoms with Crippen LogP contribution < -0.4 is 0 Å². The monoisotopic (exact) mass is 848 g/mol. The van der Waals surface area contributed by atoms with Crippen molar-refractivity contribution in [2.24, 2.45) is 7.05 Å². The molecule has 332 valence electrons. The van der Waals surface area contributed by atoms with Crippen molar-refractivity contribution in [1.82, 2.24) is 13.7 Å². The summed E-state index contributed by atoms with van der Waals surface area (Å²) in [7, 11) is 2.35. The summed E-state index contributed by atoms with van der Waals surface area (Å²) in [5, 5.41) is 8.62. The summed E-state index contributed by atoms with van der Waals surface area (Å²) in [6.45, 7) is 53.6. The Hall–Kier alpha value is -5.28. The molecule has 0 amide bonds. The zero-order valence-electron chi connectivity index (χ0n) is 43.8. The zero-order valence-corrected chi connectivity index (χ0v) is 43.8. The van der Waals surface area contributed by atoms with Gasteiger partial charge in [-0.05, 0) is 286 Å². The van der Waals surface area contributed by atoms with E-state index in [-0.39, 0.29) is 0 Å². The number of fused-ring (bicyclic) bond motifs is 9. The third kappa shape index (κ3) is 5.27. The Morgan fingerprint density at radius 2 is 0.422 bits per heavy atom. The van der Waals surface area contributed by atoms with Gasteiger partial charge in [0.2, 0.25) is 0 Å². The van der Waals surface area contributed by atoms with Gasteiger partial charge < -0.3 is 13.7 Å². The molecule has 0 unspecified atom stereocenters. The second kappa shape index (κ2) is 14.4. The second-order valence-electron chi connectivity index (χ2n) is 20.8. The molecule has 6 aromatic carbocycles. The highest BCUT2D eigenvalue weighted by Crippen LogP contribution is 2.48. The van der Waals surface area contributed by atoms with E-state index in [1.54, 1.807) is 0 Å². The highest BCUT2D eigenvalue weighted by molar-refractivity contribution is 6.17. The molecule has 3 heterocycles. The number of hydrogen-bond donors (Lipinski definition) is 0. The van der Waals surface area contributed by atoms with E-state index in [0.717, 1.165) is 13.1 Å². The number of rotatable bonds is 4. The fraction of sp³-hybridized carbons (Fsp3) is 0.410. The maximum absolute atomic E-state index is 2.77. The lowest BCUT2D eigenvalue weighted by atomic mass is 9.89. The first-order valence-electron chi connectivity index (χ1n) is 23.9. The van der Waals surface area contributed by atoms with E-state index < -0.39 is 0 Å². The molecule has 9 rings (SSSR count). The summed E-state index contributed by atoms with van der Waals surface area (Å²) in [6.07, 6.45) is 0. The minimum absolute atomic E-state index is 0.793. The molecule has 9 aromatic rings. The van der Waals surface area contributed by atoms with Gasteiger partial charge in [-0.25, -0.2) is 0 Å². The Bertz CT molecular complexity index is 3500. The Morgan fingerprint density at radius 1 is 0.203 bits per heavy atom. The molecule has 3 aromatic heterocycles. The number of nitrogens with zero attached hydrogens (tertiary/aromatic N) is 3. The Kier molecular flexibility index (Phi) is 9.86. The maximum atomic E-state index is 2.77. The molecule has 0 saturated carbocycles. The van der Waals surface area contributed by atoms with Crippen molar-refractivity contribution < 1.29 is 0 Å². The van der Waals surface area contributed by atoms with Gasteiger partial charge in [-0.2, -0.15) is 0 Å². The molecule has 0 saturated heterocycles. The summed E-state index contributed by atoms with van der Waals surface area (Å²) in [6, 6.07) is 0. The SMILES string of the molecule is Cc1c(C)c(C)c2c(c1C)c1c(C)c(Cn3c4c(C)c(C)c(C)c(C)c4c4c(C)c(C)c(C)c(C)c43)c(C)c(Cn3c4c(C)c(C)c(C)c(C)c4c4c(C)c(C)c(C)c(C)c43)c1n2C. The van der Waals surface area contributed by atoms with Gasteiger partial charge in [-0.1, -0.05) is 0 Å². The molecular formula is C61H73N3. The lowest BCUT2D eigenvalue weighted by Crippen LogP contribution is -2.12. The lowest BCUT2D eigenvalue weighted by molar-refractivity contribution is 0.820. The zero-order chi connectivity index (χ0) is 46.9. The molecule has 0 N–H and O–H groups in total. The van der Waals surface area contributed by atoms with Gasteiger partial charge in [0.15, 0.2) is 0 Å². The van der Waals surface area contributed by atoms with Gasteiger partial charge in [0.1, 0.15) is 0 Å². The van der Waals surface area contributed by atoms with Crippen molar-refractivity contribution in [2.75, 3.05) is 0 Å². The molecule has 0 bridgehead atoms. The summed E-state index contributed by atoms with van der Waals surface area (Å²) in [4.78, 5) is 0. The van der Waals surface area contributed by atoms with Crippen molar-refractivity contribution >= 4 is 65.4 Å². The molecule has 0 aliphatic heterocycles. The average Bonchev–Trinajstić information content (AvgIpc) is 3.90. The predicted octanol–water partition coefficient (Wildman–Crippen LogP) is 16.4. The first kappa shape index (κ1) is 43.9. The quantitative estimate of drug-likeness (QED) is 0.168. The van der Waals surface area contributed by atoms with Crippen molar-refractivity contribution in [1.29, 1.82) is 0 Å². The van der Waals surface area contributed by atoms with Crippen LogP contribution in [0.2, 0.25) is 0 Å². The second-order valence-corrected chi connectivity index (χ2v) is 20.8. The van der Waals surface area contributed by atoms with Crippen molar-refractivity contribution in [2.45, 2.75) is 165 Å². The van der Waals surface area contributed by atoms with Gasteiger partial charge in [-0.15, -0.1) is 0 Å². The van der Waals surface area contributed by atoms with E-state index in [1.807, 2.05) is 0 Å². The van der Waals surface area contributed by atoms with Crippen LogP contribution in [0.4, 0.5) is 0 Å². The molecular weight excluding hydrogens is 775 g/mol. The van der Waals surface area contributed by atoms with Crippen LogP contribution in [0.25, 0.3) is 65.4 Å². The number of aryl methyl sites for hydroxylation is 12. The standard InChI is InChI=1S/C61H73N3/c1-26-31(6)41(16)56-50(36(26)11)55-47(22)48(24-63-57-42(17)32(7)27(2)37(12)51(57)52-38(13)28(3)33(8)43(18)58(52)63)46(21)49(61(55)62(56)23)25-64-59-44(19)34(9)29(4)39(14)53(59)54-40(15)30(5)35(10)45(20)60(54)64/h24-25H2,1-23H3. The summed E-state index contributed by atoms with van der Waals surface area (Å²) in [5.74, 6) is 0. The van der Waals surface area contributed by atoms with Crippen molar-refractivity contribution in [3.63, 3.8) is 0 Å². The molecule has 0 spiro atoms. The summed E-state index contributed by atoms with van der Waals surface area (Å²) >= 11 is 0. The Morgan fingerprint density at radius 3 is 0.719 bits per heavy atom. The molecule has 0 aliphatic rings. The number of hydrogen-bond acceptors (Lipinski definition) is 0. The third-order valence-corrected chi connectivity index (χ3v) is 18.7. The van der Waals surface area contributed by atoms with E-state index >= 15 is 0 Å². The van der Waals surface area contributed by atoms with Crippen LogP contribution in [-0.4, -0.2) is 13.7 Å². The molecule has 0 atom stereocenters. The molecule has 64 heavy (non-hydrogen) atoms. The highest BCUT2D eigenvalue weighted by Gasteiger charge is 2.30. The fourth-order valence-electron chi connectivity index (χ4n) is 13.0. The number of benzene rings is 6. The minimum atomic E-state index is 0.793. The van der Waals surface area contributed by atoms with Crippen molar-refractivity contribution in [3.8, 4) is 0 Å².